The highest BCUT2D eigenvalue weighted by Crippen LogP contribution is 2.32. The van der Waals surface area contributed by atoms with Crippen LogP contribution in [0.2, 0.25) is 0 Å². The van der Waals surface area contributed by atoms with Crippen molar-refractivity contribution in [3.63, 3.8) is 0 Å². The van der Waals surface area contributed by atoms with Crippen LogP contribution in [-0.4, -0.2) is 12.3 Å². The second-order valence-electron chi connectivity index (χ2n) is 5.17. The molecule has 4 heteroatoms. The number of halogens is 1. The number of hydrogen-bond acceptors (Lipinski definition) is 3. The zero-order valence-electron chi connectivity index (χ0n) is 11.9. The quantitative estimate of drug-likeness (QED) is 0.789. The van der Waals surface area contributed by atoms with Crippen LogP contribution in [0.3, 0.4) is 0 Å². The van der Waals surface area contributed by atoms with Crippen LogP contribution in [0.4, 0.5) is 4.39 Å². The Morgan fingerprint density at radius 1 is 1.19 bits per heavy atom. The molecule has 1 aliphatic rings. The highest BCUT2D eigenvalue weighted by Gasteiger charge is 2.20. The minimum atomic E-state index is -0.319. The van der Waals surface area contributed by atoms with Gasteiger partial charge in [0.25, 0.3) is 0 Å². The first-order valence-corrected chi connectivity index (χ1v) is 8.31. The van der Waals surface area contributed by atoms with Gasteiger partial charge in [0, 0.05) is 17.5 Å². The molecule has 0 unspecified atom stereocenters. The minimum absolute atomic E-state index is 0.270. The van der Waals surface area contributed by atoms with Crippen LogP contribution in [0.1, 0.15) is 18.4 Å². The molecule has 1 aliphatic carbocycles. The molecule has 3 rings (SSSR count). The summed E-state index contributed by atoms with van der Waals surface area (Å²) in [5.41, 5.74) is 0.949. The summed E-state index contributed by atoms with van der Waals surface area (Å²) in [4.78, 5) is 0.997. The van der Waals surface area contributed by atoms with Gasteiger partial charge in [-0.1, -0.05) is 18.2 Å². The summed E-state index contributed by atoms with van der Waals surface area (Å²) in [5, 5.41) is 3.38. The highest BCUT2D eigenvalue weighted by molar-refractivity contribution is 7.98. The molecular weight excluding hydrogens is 285 g/mol. The summed E-state index contributed by atoms with van der Waals surface area (Å²) in [6.45, 7) is 0.712. The molecule has 1 fully saturated rings. The average molecular weight is 303 g/mol. The maximum atomic E-state index is 14.2. The van der Waals surface area contributed by atoms with Crippen molar-refractivity contribution in [2.75, 3.05) is 6.26 Å². The van der Waals surface area contributed by atoms with E-state index in [-0.39, 0.29) is 11.6 Å². The van der Waals surface area contributed by atoms with Gasteiger partial charge in [-0.05, 0) is 48.9 Å². The molecule has 21 heavy (non-hydrogen) atoms. The molecule has 1 saturated carbocycles. The molecule has 2 aromatic rings. The Labute approximate surface area is 128 Å². The van der Waals surface area contributed by atoms with Crippen molar-refractivity contribution in [3.05, 3.63) is 53.8 Å². The van der Waals surface area contributed by atoms with Crippen LogP contribution in [0.5, 0.6) is 11.5 Å². The van der Waals surface area contributed by atoms with Crippen molar-refractivity contribution in [3.8, 4) is 11.5 Å². The number of para-hydroxylation sites is 1. The third-order valence-electron chi connectivity index (χ3n) is 3.46. The number of ether oxygens (including phenoxy) is 1. The van der Waals surface area contributed by atoms with Crippen molar-refractivity contribution < 1.29 is 9.13 Å². The molecule has 0 spiro atoms. The highest BCUT2D eigenvalue weighted by atomic mass is 32.2. The predicted molar refractivity (Wildman–Crippen MR) is 84.6 cm³/mol. The van der Waals surface area contributed by atoms with Gasteiger partial charge < -0.3 is 10.1 Å². The zero-order valence-corrected chi connectivity index (χ0v) is 12.8. The smallest absolute Gasteiger partial charge is 0.166 e. The van der Waals surface area contributed by atoms with Crippen molar-refractivity contribution in [2.24, 2.45) is 0 Å². The van der Waals surface area contributed by atoms with Crippen LogP contribution < -0.4 is 10.1 Å². The monoisotopic (exact) mass is 303 g/mol. The lowest BCUT2D eigenvalue weighted by molar-refractivity contribution is 0.433. The van der Waals surface area contributed by atoms with E-state index in [1.807, 2.05) is 36.6 Å². The topological polar surface area (TPSA) is 21.3 Å². The number of nitrogens with one attached hydrogen (secondary N) is 1. The summed E-state index contributed by atoms with van der Waals surface area (Å²) in [7, 11) is 0. The number of rotatable bonds is 6. The summed E-state index contributed by atoms with van der Waals surface area (Å²) < 4.78 is 19.9. The second-order valence-corrected chi connectivity index (χ2v) is 6.02. The molecule has 0 heterocycles. The van der Waals surface area contributed by atoms with E-state index in [4.69, 9.17) is 4.74 Å². The lowest BCUT2D eigenvalue weighted by Gasteiger charge is -2.11. The van der Waals surface area contributed by atoms with Crippen molar-refractivity contribution in [2.45, 2.75) is 30.3 Å². The fourth-order valence-electron chi connectivity index (χ4n) is 2.11. The molecule has 0 atom stereocenters. The Morgan fingerprint density at radius 3 is 2.71 bits per heavy atom. The maximum Gasteiger partial charge on any atom is 0.166 e. The lowest BCUT2D eigenvalue weighted by atomic mass is 10.2. The van der Waals surface area contributed by atoms with E-state index in [1.165, 1.54) is 12.8 Å². The third-order valence-corrected chi connectivity index (χ3v) is 4.23. The Hall–Kier alpha value is -1.52. The minimum Gasteiger partial charge on any atom is -0.453 e. The van der Waals surface area contributed by atoms with Crippen LogP contribution in [0.25, 0.3) is 0 Å². The van der Waals surface area contributed by atoms with Gasteiger partial charge in [0.2, 0.25) is 0 Å². The largest absolute Gasteiger partial charge is 0.453 e. The summed E-state index contributed by atoms with van der Waals surface area (Å²) in [6.07, 6.45) is 4.44. The first kappa shape index (κ1) is 14.4. The van der Waals surface area contributed by atoms with Crippen LogP contribution in [-0.2, 0) is 6.54 Å². The van der Waals surface area contributed by atoms with E-state index in [1.54, 1.807) is 23.9 Å². The maximum absolute atomic E-state index is 14.2. The number of hydrogen-bond donors (Lipinski definition) is 1. The SMILES string of the molecule is CSc1ccccc1Oc1ccc(CNC2CC2)cc1F. The molecule has 1 N–H and O–H groups in total. The Morgan fingerprint density at radius 2 is 2.00 bits per heavy atom. The summed E-state index contributed by atoms with van der Waals surface area (Å²) >= 11 is 1.58. The fraction of sp³-hybridized carbons (Fsp3) is 0.294. The summed E-state index contributed by atoms with van der Waals surface area (Å²) in [5.74, 6) is 0.639. The van der Waals surface area contributed by atoms with Crippen molar-refractivity contribution >= 4 is 11.8 Å². The van der Waals surface area contributed by atoms with E-state index in [9.17, 15) is 4.39 Å². The van der Waals surface area contributed by atoms with Crippen molar-refractivity contribution in [1.82, 2.24) is 5.32 Å². The van der Waals surface area contributed by atoms with E-state index in [2.05, 4.69) is 5.32 Å². The second kappa shape index (κ2) is 6.50. The van der Waals surface area contributed by atoms with Gasteiger partial charge in [0.15, 0.2) is 11.6 Å². The lowest BCUT2D eigenvalue weighted by Crippen LogP contribution is -2.15. The van der Waals surface area contributed by atoms with Gasteiger partial charge in [-0.15, -0.1) is 11.8 Å². The van der Waals surface area contributed by atoms with Gasteiger partial charge in [-0.3, -0.25) is 0 Å². The Bertz CT molecular complexity index is 628. The van der Waals surface area contributed by atoms with E-state index >= 15 is 0 Å². The van der Waals surface area contributed by atoms with Gasteiger partial charge in [0.1, 0.15) is 5.75 Å². The number of thioether (sulfide) groups is 1. The fourth-order valence-corrected chi connectivity index (χ4v) is 2.63. The Kier molecular flexibility index (Phi) is 4.46. The molecule has 0 aromatic heterocycles. The van der Waals surface area contributed by atoms with Crippen molar-refractivity contribution in [1.29, 1.82) is 0 Å². The van der Waals surface area contributed by atoms with Gasteiger partial charge >= 0.3 is 0 Å². The van der Waals surface area contributed by atoms with E-state index in [0.29, 0.717) is 18.3 Å². The zero-order chi connectivity index (χ0) is 14.7. The Balaban J connectivity index is 1.72. The van der Waals surface area contributed by atoms with Crippen LogP contribution in [0.15, 0.2) is 47.4 Å². The molecule has 0 amide bonds. The first-order chi connectivity index (χ1) is 10.3. The average Bonchev–Trinajstić information content (AvgIpc) is 3.32. The van der Waals surface area contributed by atoms with Gasteiger partial charge in [-0.2, -0.15) is 0 Å². The normalized spacial score (nSPS) is 14.2. The number of benzene rings is 2. The molecule has 0 saturated heterocycles. The molecule has 0 bridgehead atoms. The van der Waals surface area contributed by atoms with E-state index in [0.717, 1.165) is 10.5 Å². The standard InChI is InChI=1S/C17H18FNOS/c1-21-17-5-3-2-4-16(17)20-15-9-6-12(10-14(15)18)11-19-13-7-8-13/h2-6,9-10,13,19H,7-8,11H2,1H3. The molecule has 0 aliphatic heterocycles. The van der Waals surface area contributed by atoms with Gasteiger partial charge in [0.05, 0.1) is 0 Å². The van der Waals surface area contributed by atoms with E-state index < -0.39 is 0 Å². The molecular formula is C17H18FNOS. The van der Waals surface area contributed by atoms with Crippen LogP contribution >= 0.6 is 11.8 Å². The first-order valence-electron chi connectivity index (χ1n) is 7.09. The molecule has 110 valence electrons. The molecule has 2 aromatic carbocycles. The van der Waals surface area contributed by atoms with Crippen LogP contribution in [0, 0.1) is 5.82 Å². The molecule has 2 nitrogen and oxygen atoms in total. The predicted octanol–water partition coefficient (Wildman–Crippen LogP) is 4.59. The van der Waals surface area contributed by atoms with Gasteiger partial charge in [-0.25, -0.2) is 4.39 Å². The third kappa shape index (κ3) is 3.77. The molecule has 0 radical (unpaired) electrons. The summed E-state index contributed by atoms with van der Waals surface area (Å²) in [6, 6.07) is 13.4.